The van der Waals surface area contributed by atoms with E-state index >= 15 is 0 Å². The van der Waals surface area contributed by atoms with E-state index in [1.807, 2.05) is 20.8 Å². The minimum absolute atomic E-state index is 0.130. The van der Waals surface area contributed by atoms with E-state index in [0.717, 1.165) is 0 Å². The molecular weight excluding hydrogens is 224 g/mol. The number of thiol groups is 1. The van der Waals surface area contributed by atoms with Crippen LogP contribution in [-0.4, -0.2) is 34.7 Å². The molecule has 0 aromatic heterocycles. The number of amides is 3. The van der Waals surface area contributed by atoms with Gasteiger partial charge in [-0.1, -0.05) is 20.8 Å². The van der Waals surface area contributed by atoms with E-state index in [2.05, 4.69) is 17.9 Å². The Kier molecular flexibility index (Phi) is 3.57. The lowest BCUT2D eigenvalue weighted by Gasteiger charge is -2.27. The van der Waals surface area contributed by atoms with Gasteiger partial charge in [0.25, 0.3) is 5.91 Å². The van der Waals surface area contributed by atoms with Crippen LogP contribution in [0.2, 0.25) is 0 Å². The molecule has 92 valence electrons. The van der Waals surface area contributed by atoms with Crippen LogP contribution in [0.25, 0.3) is 0 Å². The van der Waals surface area contributed by atoms with Crippen molar-refractivity contribution in [1.82, 2.24) is 10.2 Å². The first-order valence-electron chi connectivity index (χ1n) is 5.51. The van der Waals surface area contributed by atoms with Crippen molar-refractivity contribution in [2.24, 2.45) is 5.41 Å². The van der Waals surface area contributed by atoms with E-state index in [1.54, 1.807) is 6.92 Å². The first kappa shape index (κ1) is 13.4. The molecule has 1 aliphatic rings. The van der Waals surface area contributed by atoms with Crippen molar-refractivity contribution in [3.63, 3.8) is 0 Å². The van der Waals surface area contributed by atoms with Gasteiger partial charge < -0.3 is 5.32 Å². The van der Waals surface area contributed by atoms with Gasteiger partial charge in [-0.3, -0.25) is 9.69 Å². The molecule has 1 aliphatic heterocycles. The number of urea groups is 1. The first-order valence-corrected chi connectivity index (χ1v) is 6.14. The minimum Gasteiger partial charge on any atom is -0.323 e. The summed E-state index contributed by atoms with van der Waals surface area (Å²) < 4.78 is 0. The number of nitrogens with one attached hydrogen (secondary N) is 1. The summed E-state index contributed by atoms with van der Waals surface area (Å²) in [5, 5.41) is 2.74. The highest BCUT2D eigenvalue weighted by atomic mass is 32.1. The van der Waals surface area contributed by atoms with Crippen LogP contribution >= 0.6 is 12.6 Å². The maximum atomic E-state index is 12.1. The van der Waals surface area contributed by atoms with Crippen molar-refractivity contribution >= 4 is 24.6 Å². The fourth-order valence-electron chi connectivity index (χ4n) is 1.61. The van der Waals surface area contributed by atoms with E-state index in [0.29, 0.717) is 18.7 Å². The van der Waals surface area contributed by atoms with Crippen LogP contribution in [0.3, 0.4) is 0 Å². The van der Waals surface area contributed by atoms with Gasteiger partial charge in [0.05, 0.1) is 0 Å². The molecule has 1 atom stereocenters. The zero-order chi connectivity index (χ0) is 12.6. The van der Waals surface area contributed by atoms with Crippen molar-refractivity contribution < 1.29 is 9.59 Å². The summed E-state index contributed by atoms with van der Waals surface area (Å²) in [6.45, 7) is 8.05. The smallest absolute Gasteiger partial charge is 0.323 e. The fourth-order valence-corrected chi connectivity index (χ4v) is 1.71. The predicted octanol–water partition coefficient (Wildman–Crippen LogP) is 1.66. The van der Waals surface area contributed by atoms with Gasteiger partial charge in [-0.25, -0.2) is 4.79 Å². The summed E-state index contributed by atoms with van der Waals surface area (Å²) in [6, 6.07) is -0.288. The maximum Gasteiger partial charge on any atom is 0.325 e. The third-order valence-electron chi connectivity index (χ3n) is 3.07. The van der Waals surface area contributed by atoms with E-state index in [4.69, 9.17) is 0 Å². The first-order chi connectivity index (χ1) is 7.25. The van der Waals surface area contributed by atoms with Crippen LogP contribution in [0.1, 0.15) is 34.1 Å². The van der Waals surface area contributed by atoms with Gasteiger partial charge in [-0.05, 0) is 24.5 Å². The number of imide groups is 1. The van der Waals surface area contributed by atoms with Crippen LogP contribution in [0.5, 0.6) is 0 Å². The van der Waals surface area contributed by atoms with Crippen LogP contribution in [0.15, 0.2) is 0 Å². The average Bonchev–Trinajstić information content (AvgIpc) is 2.43. The highest BCUT2D eigenvalue weighted by Crippen LogP contribution is 2.26. The van der Waals surface area contributed by atoms with E-state index in [9.17, 15) is 9.59 Å². The molecule has 1 heterocycles. The zero-order valence-electron chi connectivity index (χ0n) is 10.3. The molecule has 1 unspecified atom stereocenters. The Labute approximate surface area is 102 Å². The third-order valence-corrected chi connectivity index (χ3v) is 3.92. The molecule has 0 aromatic rings. The lowest BCUT2D eigenvalue weighted by atomic mass is 9.94. The second-order valence-corrected chi connectivity index (χ2v) is 5.65. The summed E-state index contributed by atoms with van der Waals surface area (Å²) in [5.41, 5.74) is -0.890. The molecule has 0 radical (unpaired) electrons. The summed E-state index contributed by atoms with van der Waals surface area (Å²) in [7, 11) is 0. The van der Waals surface area contributed by atoms with E-state index < -0.39 is 5.54 Å². The van der Waals surface area contributed by atoms with Gasteiger partial charge in [0, 0.05) is 6.54 Å². The van der Waals surface area contributed by atoms with Crippen LogP contribution in [-0.2, 0) is 4.79 Å². The molecule has 0 bridgehead atoms. The molecule has 5 heteroatoms. The van der Waals surface area contributed by atoms with Crippen molar-refractivity contribution in [1.29, 1.82) is 0 Å². The largest absolute Gasteiger partial charge is 0.325 e. The van der Waals surface area contributed by atoms with Gasteiger partial charge in [-0.15, -0.1) is 0 Å². The molecular formula is C11H20N2O2S. The van der Waals surface area contributed by atoms with Gasteiger partial charge >= 0.3 is 6.03 Å². The SMILES string of the molecule is CCC1(C)NC(=O)N(CC(C)(C)CS)C1=O. The third kappa shape index (κ3) is 2.34. The zero-order valence-corrected chi connectivity index (χ0v) is 11.2. The quantitative estimate of drug-likeness (QED) is 0.584. The molecule has 16 heavy (non-hydrogen) atoms. The number of hydrogen-bond donors (Lipinski definition) is 2. The molecule has 0 aliphatic carbocycles. The van der Waals surface area contributed by atoms with Gasteiger partial charge in [0.2, 0.25) is 0 Å². The monoisotopic (exact) mass is 244 g/mol. The molecule has 1 N–H and O–H groups in total. The molecule has 4 nitrogen and oxygen atoms in total. The maximum absolute atomic E-state index is 12.1. The normalized spacial score (nSPS) is 26.2. The van der Waals surface area contributed by atoms with E-state index in [1.165, 1.54) is 4.90 Å². The lowest BCUT2D eigenvalue weighted by molar-refractivity contribution is -0.131. The standard InChI is InChI=1S/C11H20N2O2S/c1-5-11(4)8(14)13(9(15)12-11)6-10(2,3)7-16/h16H,5-7H2,1-4H3,(H,12,15). The fraction of sp³-hybridized carbons (Fsp3) is 0.818. The topological polar surface area (TPSA) is 49.4 Å². The molecule has 1 saturated heterocycles. The van der Waals surface area contributed by atoms with E-state index in [-0.39, 0.29) is 17.4 Å². The van der Waals surface area contributed by atoms with Crippen LogP contribution in [0.4, 0.5) is 4.79 Å². The number of carbonyl (C=O) groups excluding carboxylic acids is 2. The van der Waals surface area contributed by atoms with Crippen molar-refractivity contribution in [2.45, 2.75) is 39.7 Å². The molecule has 3 amide bonds. The van der Waals surface area contributed by atoms with Crippen LogP contribution in [0, 0.1) is 5.41 Å². The van der Waals surface area contributed by atoms with Crippen molar-refractivity contribution in [3.05, 3.63) is 0 Å². The van der Waals surface area contributed by atoms with Crippen molar-refractivity contribution in [2.75, 3.05) is 12.3 Å². The minimum atomic E-state index is -0.732. The summed E-state index contributed by atoms with van der Waals surface area (Å²) in [5.74, 6) is 0.502. The number of nitrogens with zero attached hydrogens (tertiary/aromatic N) is 1. The Morgan fingerprint density at radius 3 is 2.38 bits per heavy atom. The number of hydrogen-bond acceptors (Lipinski definition) is 3. The Hall–Kier alpha value is -0.710. The summed E-state index contributed by atoms with van der Waals surface area (Å²) in [6.07, 6.45) is 0.607. The molecule has 1 rings (SSSR count). The molecule has 0 saturated carbocycles. The Balaban J connectivity index is 2.84. The Bertz CT molecular complexity index is 317. The summed E-state index contributed by atoms with van der Waals surface area (Å²) >= 11 is 4.23. The van der Waals surface area contributed by atoms with Crippen LogP contribution < -0.4 is 5.32 Å². The lowest BCUT2D eigenvalue weighted by Crippen LogP contribution is -2.44. The summed E-state index contributed by atoms with van der Waals surface area (Å²) in [4.78, 5) is 25.1. The molecule has 1 fully saturated rings. The number of rotatable bonds is 4. The predicted molar refractivity (Wildman–Crippen MR) is 66.6 cm³/mol. The Morgan fingerprint density at radius 2 is 2.00 bits per heavy atom. The second kappa shape index (κ2) is 4.28. The second-order valence-electron chi connectivity index (χ2n) is 5.33. The van der Waals surface area contributed by atoms with Gasteiger partial charge in [0.1, 0.15) is 5.54 Å². The highest BCUT2D eigenvalue weighted by Gasteiger charge is 2.47. The molecule has 0 spiro atoms. The molecule has 0 aromatic carbocycles. The van der Waals surface area contributed by atoms with Crippen molar-refractivity contribution in [3.8, 4) is 0 Å². The number of carbonyl (C=O) groups is 2. The van der Waals surface area contributed by atoms with Gasteiger partial charge in [0.15, 0.2) is 0 Å². The Morgan fingerprint density at radius 1 is 1.44 bits per heavy atom. The highest BCUT2D eigenvalue weighted by molar-refractivity contribution is 7.80. The van der Waals surface area contributed by atoms with Gasteiger partial charge in [-0.2, -0.15) is 12.6 Å². The average molecular weight is 244 g/mol.